The van der Waals surface area contributed by atoms with Crippen molar-refractivity contribution in [2.75, 3.05) is 7.05 Å². The highest BCUT2D eigenvalue weighted by molar-refractivity contribution is 6.31. The van der Waals surface area contributed by atoms with E-state index in [-0.39, 0.29) is 12.5 Å². The zero-order valence-corrected chi connectivity index (χ0v) is 12.4. The number of nitrogens with zero attached hydrogens (tertiary/aromatic N) is 1. The van der Waals surface area contributed by atoms with Crippen LogP contribution < -0.4 is 5.73 Å². The van der Waals surface area contributed by atoms with Gasteiger partial charge in [0.25, 0.3) is 5.91 Å². The molecular weight excluding hydrogens is 291 g/mol. The molecule has 0 radical (unpaired) electrons. The summed E-state index contributed by atoms with van der Waals surface area (Å²) < 4.78 is 13.7. The SMILES string of the molecule is CN(Cc1c(F)cccc1Cl)C(=O)c1ccc(CN)cc1. The molecule has 2 N–H and O–H groups in total. The number of rotatable bonds is 4. The van der Waals surface area contributed by atoms with E-state index in [0.29, 0.717) is 22.7 Å². The fourth-order valence-corrected chi connectivity index (χ4v) is 2.22. The molecule has 0 aromatic heterocycles. The molecule has 0 fully saturated rings. The van der Waals surface area contributed by atoms with Gasteiger partial charge in [-0.1, -0.05) is 29.8 Å². The van der Waals surface area contributed by atoms with Gasteiger partial charge in [0.15, 0.2) is 0 Å². The van der Waals surface area contributed by atoms with E-state index in [1.54, 1.807) is 37.4 Å². The number of carbonyl (C=O) groups is 1. The van der Waals surface area contributed by atoms with Crippen LogP contribution in [0.1, 0.15) is 21.5 Å². The Balaban J connectivity index is 2.15. The van der Waals surface area contributed by atoms with Crippen molar-refractivity contribution >= 4 is 17.5 Å². The van der Waals surface area contributed by atoms with Crippen molar-refractivity contribution in [3.05, 3.63) is 70.0 Å². The lowest BCUT2D eigenvalue weighted by Gasteiger charge is -2.18. The molecule has 2 aromatic rings. The van der Waals surface area contributed by atoms with Crippen LogP contribution in [-0.4, -0.2) is 17.9 Å². The highest BCUT2D eigenvalue weighted by Gasteiger charge is 2.15. The van der Waals surface area contributed by atoms with Crippen LogP contribution in [0.2, 0.25) is 5.02 Å². The third-order valence-corrected chi connectivity index (χ3v) is 3.59. The molecule has 3 nitrogen and oxygen atoms in total. The summed E-state index contributed by atoms with van der Waals surface area (Å²) in [6.07, 6.45) is 0. The van der Waals surface area contributed by atoms with Gasteiger partial charge in [-0.2, -0.15) is 0 Å². The topological polar surface area (TPSA) is 46.3 Å². The molecule has 0 unspecified atom stereocenters. The number of nitrogens with two attached hydrogens (primary N) is 1. The average Bonchev–Trinajstić information content (AvgIpc) is 2.50. The largest absolute Gasteiger partial charge is 0.337 e. The summed E-state index contributed by atoms with van der Waals surface area (Å²) in [7, 11) is 1.61. The third kappa shape index (κ3) is 3.60. The lowest BCUT2D eigenvalue weighted by atomic mass is 10.1. The average molecular weight is 307 g/mol. The van der Waals surface area contributed by atoms with Crippen molar-refractivity contribution in [1.29, 1.82) is 0 Å². The molecule has 0 spiro atoms. The van der Waals surface area contributed by atoms with E-state index < -0.39 is 5.82 Å². The Kier molecular flexibility index (Phi) is 4.94. The molecular formula is C16H16ClFN2O. The highest BCUT2D eigenvalue weighted by atomic mass is 35.5. The first-order valence-electron chi connectivity index (χ1n) is 6.50. The maximum absolute atomic E-state index is 13.7. The highest BCUT2D eigenvalue weighted by Crippen LogP contribution is 2.21. The van der Waals surface area contributed by atoms with Crippen LogP contribution in [0.15, 0.2) is 42.5 Å². The van der Waals surface area contributed by atoms with Crippen molar-refractivity contribution in [2.45, 2.75) is 13.1 Å². The number of amides is 1. The Hall–Kier alpha value is -1.91. The van der Waals surface area contributed by atoms with Crippen LogP contribution in [0.4, 0.5) is 4.39 Å². The summed E-state index contributed by atoms with van der Waals surface area (Å²) in [5.74, 6) is -0.612. The van der Waals surface area contributed by atoms with E-state index >= 15 is 0 Å². The van der Waals surface area contributed by atoms with Crippen molar-refractivity contribution in [2.24, 2.45) is 5.73 Å². The number of hydrogen-bond donors (Lipinski definition) is 1. The van der Waals surface area contributed by atoms with Crippen LogP contribution in [0.3, 0.4) is 0 Å². The number of halogens is 2. The normalized spacial score (nSPS) is 10.5. The molecule has 0 bridgehead atoms. The molecule has 5 heteroatoms. The number of hydrogen-bond acceptors (Lipinski definition) is 2. The first-order chi connectivity index (χ1) is 10.0. The molecule has 0 heterocycles. The third-order valence-electron chi connectivity index (χ3n) is 3.24. The summed E-state index contributed by atoms with van der Waals surface area (Å²) in [4.78, 5) is 13.7. The Morgan fingerprint density at radius 2 is 1.90 bits per heavy atom. The molecule has 0 aliphatic carbocycles. The van der Waals surface area contributed by atoms with Crippen LogP contribution in [-0.2, 0) is 13.1 Å². The quantitative estimate of drug-likeness (QED) is 0.943. The van der Waals surface area contributed by atoms with Crippen molar-refractivity contribution in [3.63, 3.8) is 0 Å². The van der Waals surface area contributed by atoms with Crippen molar-refractivity contribution < 1.29 is 9.18 Å². The Bertz CT molecular complexity index is 623. The van der Waals surface area contributed by atoms with Gasteiger partial charge in [0.2, 0.25) is 0 Å². The first kappa shape index (κ1) is 15.5. The minimum atomic E-state index is -0.416. The minimum absolute atomic E-state index is 0.114. The van der Waals surface area contributed by atoms with Gasteiger partial charge in [-0.05, 0) is 29.8 Å². The monoisotopic (exact) mass is 306 g/mol. The summed E-state index contributed by atoms with van der Waals surface area (Å²) >= 11 is 5.97. The second-order valence-electron chi connectivity index (χ2n) is 4.76. The maximum atomic E-state index is 13.7. The predicted molar refractivity (Wildman–Crippen MR) is 81.5 cm³/mol. The summed E-state index contributed by atoms with van der Waals surface area (Å²) in [6, 6.07) is 11.5. The van der Waals surface area contributed by atoms with Crippen LogP contribution in [0, 0.1) is 5.82 Å². The molecule has 110 valence electrons. The number of carbonyl (C=O) groups excluding carboxylic acids is 1. The van der Waals surface area contributed by atoms with Crippen LogP contribution >= 0.6 is 11.6 Å². The molecule has 2 rings (SSSR count). The zero-order valence-electron chi connectivity index (χ0n) is 11.6. The van der Waals surface area contributed by atoms with E-state index in [1.807, 2.05) is 0 Å². The van der Waals surface area contributed by atoms with E-state index in [2.05, 4.69) is 0 Å². The molecule has 0 saturated heterocycles. The second kappa shape index (κ2) is 6.70. The Morgan fingerprint density at radius 3 is 2.48 bits per heavy atom. The standard InChI is InChI=1S/C16H16ClFN2O/c1-20(10-13-14(17)3-2-4-15(13)18)16(21)12-7-5-11(9-19)6-8-12/h2-8H,9-10,19H2,1H3. The molecule has 21 heavy (non-hydrogen) atoms. The van der Waals surface area contributed by atoms with E-state index in [4.69, 9.17) is 17.3 Å². The van der Waals surface area contributed by atoms with Gasteiger partial charge >= 0.3 is 0 Å². The smallest absolute Gasteiger partial charge is 0.253 e. The maximum Gasteiger partial charge on any atom is 0.253 e. The van der Waals surface area contributed by atoms with E-state index in [9.17, 15) is 9.18 Å². The summed E-state index contributed by atoms with van der Waals surface area (Å²) in [5.41, 5.74) is 7.31. The van der Waals surface area contributed by atoms with Gasteiger partial charge < -0.3 is 10.6 Å². The Labute approximate surface area is 128 Å². The lowest BCUT2D eigenvalue weighted by molar-refractivity contribution is 0.0784. The van der Waals surface area contributed by atoms with E-state index in [0.717, 1.165) is 5.56 Å². The molecule has 1 amide bonds. The number of benzene rings is 2. The fraction of sp³-hybridized carbons (Fsp3) is 0.188. The van der Waals surface area contributed by atoms with Gasteiger partial charge in [-0.25, -0.2) is 4.39 Å². The summed E-state index contributed by atoms with van der Waals surface area (Å²) in [5, 5.41) is 0.313. The van der Waals surface area contributed by atoms with Crippen LogP contribution in [0.5, 0.6) is 0 Å². The van der Waals surface area contributed by atoms with Crippen molar-refractivity contribution in [1.82, 2.24) is 4.90 Å². The minimum Gasteiger partial charge on any atom is -0.337 e. The first-order valence-corrected chi connectivity index (χ1v) is 6.88. The second-order valence-corrected chi connectivity index (χ2v) is 5.17. The Morgan fingerprint density at radius 1 is 1.24 bits per heavy atom. The fourth-order valence-electron chi connectivity index (χ4n) is 2.00. The molecule has 0 aliphatic heterocycles. The molecule has 0 aliphatic rings. The van der Waals surface area contributed by atoms with Gasteiger partial charge in [-0.3, -0.25) is 4.79 Å². The lowest BCUT2D eigenvalue weighted by Crippen LogP contribution is -2.26. The van der Waals surface area contributed by atoms with Gasteiger partial charge in [0.05, 0.1) is 0 Å². The summed E-state index contributed by atoms with van der Waals surface area (Å²) in [6.45, 7) is 0.540. The van der Waals surface area contributed by atoms with Crippen LogP contribution in [0.25, 0.3) is 0 Å². The van der Waals surface area contributed by atoms with Gasteiger partial charge in [-0.15, -0.1) is 0 Å². The van der Waals surface area contributed by atoms with Gasteiger partial charge in [0.1, 0.15) is 5.82 Å². The molecule has 0 atom stereocenters. The zero-order chi connectivity index (χ0) is 15.4. The molecule has 2 aromatic carbocycles. The van der Waals surface area contributed by atoms with E-state index in [1.165, 1.54) is 17.0 Å². The molecule has 0 saturated carbocycles. The van der Waals surface area contributed by atoms with Crippen molar-refractivity contribution in [3.8, 4) is 0 Å². The van der Waals surface area contributed by atoms with Gasteiger partial charge in [0, 0.05) is 36.3 Å². The predicted octanol–water partition coefficient (Wildman–Crippen LogP) is 3.21.